The molecule has 0 spiro atoms. The minimum absolute atomic E-state index is 0.157. The van der Waals surface area contributed by atoms with Crippen molar-refractivity contribution in [1.29, 1.82) is 0 Å². The van der Waals surface area contributed by atoms with Gasteiger partial charge in [0.2, 0.25) is 0 Å². The molecule has 1 heterocycles. The van der Waals surface area contributed by atoms with Gasteiger partial charge in [-0.2, -0.15) is 0 Å². The van der Waals surface area contributed by atoms with E-state index in [0.29, 0.717) is 18.6 Å². The van der Waals surface area contributed by atoms with Crippen LogP contribution in [-0.4, -0.2) is 81.6 Å². The highest BCUT2D eigenvalue weighted by Crippen LogP contribution is 2.31. The van der Waals surface area contributed by atoms with Crippen LogP contribution in [0.4, 0.5) is 4.79 Å². The number of allylic oxidation sites excluding steroid dienone is 2. The van der Waals surface area contributed by atoms with Crippen molar-refractivity contribution in [2.75, 3.05) is 53.6 Å². The first kappa shape index (κ1) is 24.9. The molecule has 0 aromatic rings. The predicted octanol–water partition coefficient (Wildman–Crippen LogP) is 3.77. The predicted molar refractivity (Wildman–Crippen MR) is 126 cm³/mol. The van der Waals surface area contributed by atoms with Crippen LogP contribution in [0.3, 0.4) is 0 Å². The quantitative estimate of drug-likeness (QED) is 0.541. The summed E-state index contributed by atoms with van der Waals surface area (Å²) in [6.45, 7) is 9.01. The Bertz CT molecular complexity index is 658. The standard InChI is InChI=1S/C25H43N3O4/c1-5-6-15-32-25(29)28-13-11-27(12-14-28)21-9-7-20(8-10-21)26-18-22-23(30-3)16-19(2)17-24(22)31-4/h9,16,19-20,22,24,26H,5-8,10-15,17-18H2,1-4H3. The van der Waals surface area contributed by atoms with Gasteiger partial charge in [0, 0.05) is 51.6 Å². The number of nitrogens with one attached hydrogen (secondary N) is 1. The van der Waals surface area contributed by atoms with E-state index in [0.717, 1.165) is 77.0 Å². The van der Waals surface area contributed by atoms with Crippen LogP contribution in [0.5, 0.6) is 0 Å². The zero-order valence-electron chi connectivity index (χ0n) is 20.5. The van der Waals surface area contributed by atoms with Crippen molar-refractivity contribution in [3.63, 3.8) is 0 Å². The fourth-order valence-corrected chi connectivity index (χ4v) is 5.06. The summed E-state index contributed by atoms with van der Waals surface area (Å²) in [6, 6.07) is 0.489. The van der Waals surface area contributed by atoms with Gasteiger partial charge >= 0.3 is 6.09 Å². The second-order valence-electron chi connectivity index (χ2n) is 9.38. The molecule has 4 unspecified atom stereocenters. The normalized spacial score (nSPS) is 28.8. The monoisotopic (exact) mass is 449 g/mol. The second kappa shape index (κ2) is 12.5. The Morgan fingerprint density at radius 2 is 2.00 bits per heavy atom. The van der Waals surface area contributed by atoms with E-state index in [9.17, 15) is 4.79 Å². The molecule has 7 nitrogen and oxygen atoms in total. The Balaban J connectivity index is 1.42. The van der Waals surface area contributed by atoms with Crippen molar-refractivity contribution in [1.82, 2.24) is 15.1 Å². The van der Waals surface area contributed by atoms with Gasteiger partial charge in [0.25, 0.3) is 0 Å². The highest BCUT2D eigenvalue weighted by molar-refractivity contribution is 5.67. The minimum Gasteiger partial charge on any atom is -0.501 e. The summed E-state index contributed by atoms with van der Waals surface area (Å²) in [6.07, 6.45) is 11.0. The number of amides is 1. The summed E-state index contributed by atoms with van der Waals surface area (Å²) in [5.41, 5.74) is 1.43. The van der Waals surface area contributed by atoms with Gasteiger partial charge in [-0.25, -0.2) is 4.79 Å². The van der Waals surface area contributed by atoms with Gasteiger partial charge in [0.15, 0.2) is 0 Å². The van der Waals surface area contributed by atoms with Crippen molar-refractivity contribution in [2.45, 2.75) is 64.5 Å². The second-order valence-corrected chi connectivity index (χ2v) is 9.38. The van der Waals surface area contributed by atoms with E-state index in [1.165, 1.54) is 5.70 Å². The number of hydrogen-bond acceptors (Lipinski definition) is 6. The number of carbonyl (C=O) groups is 1. The van der Waals surface area contributed by atoms with E-state index in [-0.39, 0.29) is 18.1 Å². The lowest BCUT2D eigenvalue weighted by Gasteiger charge is -2.39. The largest absolute Gasteiger partial charge is 0.501 e. The maximum atomic E-state index is 12.1. The van der Waals surface area contributed by atoms with Crippen molar-refractivity contribution in [3.8, 4) is 0 Å². The van der Waals surface area contributed by atoms with Crippen LogP contribution in [0.15, 0.2) is 23.6 Å². The Labute approximate surface area is 194 Å². The Kier molecular flexibility index (Phi) is 9.72. The van der Waals surface area contributed by atoms with Crippen molar-refractivity contribution < 1.29 is 19.0 Å². The maximum absolute atomic E-state index is 12.1. The SMILES string of the molecule is CCCCOC(=O)N1CCN(C2=CCC(NCC3C(OC)=CC(C)CC3OC)CC2)CC1. The maximum Gasteiger partial charge on any atom is 0.409 e. The summed E-state index contributed by atoms with van der Waals surface area (Å²) in [4.78, 5) is 16.4. The van der Waals surface area contributed by atoms with Crippen LogP contribution in [0.1, 0.15) is 52.4 Å². The number of nitrogens with zero attached hydrogens (tertiary/aromatic N) is 2. The van der Waals surface area contributed by atoms with E-state index in [2.05, 4.69) is 36.2 Å². The number of hydrogen-bond donors (Lipinski definition) is 1. The van der Waals surface area contributed by atoms with E-state index < -0.39 is 0 Å². The van der Waals surface area contributed by atoms with E-state index >= 15 is 0 Å². The summed E-state index contributed by atoms with van der Waals surface area (Å²) in [5, 5.41) is 3.77. The Morgan fingerprint density at radius 3 is 2.62 bits per heavy atom. The number of unbranched alkanes of at least 4 members (excludes halogenated alkanes) is 1. The minimum atomic E-state index is -0.157. The van der Waals surface area contributed by atoms with E-state index in [1.54, 1.807) is 7.11 Å². The molecule has 0 aromatic carbocycles. The molecule has 4 atom stereocenters. The van der Waals surface area contributed by atoms with Crippen LogP contribution in [0.25, 0.3) is 0 Å². The third-order valence-electron chi connectivity index (χ3n) is 7.09. The van der Waals surface area contributed by atoms with Gasteiger partial charge < -0.3 is 29.3 Å². The number of ether oxygens (including phenoxy) is 3. The molecule has 0 bridgehead atoms. The number of carbonyl (C=O) groups excluding carboxylic acids is 1. The lowest BCUT2D eigenvalue weighted by Crippen LogP contribution is -2.49. The van der Waals surface area contributed by atoms with Gasteiger partial charge in [-0.3, -0.25) is 0 Å². The highest BCUT2D eigenvalue weighted by atomic mass is 16.6. The average molecular weight is 450 g/mol. The van der Waals surface area contributed by atoms with Crippen molar-refractivity contribution in [2.24, 2.45) is 11.8 Å². The molecule has 32 heavy (non-hydrogen) atoms. The van der Waals surface area contributed by atoms with Crippen LogP contribution >= 0.6 is 0 Å². The van der Waals surface area contributed by atoms with E-state index in [4.69, 9.17) is 14.2 Å². The topological polar surface area (TPSA) is 63.3 Å². The number of piperazine rings is 1. The molecule has 1 N–H and O–H groups in total. The molecule has 0 saturated carbocycles. The Morgan fingerprint density at radius 1 is 1.22 bits per heavy atom. The molecule has 7 heteroatoms. The number of methoxy groups -OCH3 is 2. The third kappa shape index (κ3) is 6.64. The summed E-state index contributed by atoms with van der Waals surface area (Å²) in [7, 11) is 3.58. The summed E-state index contributed by atoms with van der Waals surface area (Å²) in [5.74, 6) is 1.82. The molecular weight excluding hydrogens is 406 g/mol. The van der Waals surface area contributed by atoms with Crippen molar-refractivity contribution in [3.05, 3.63) is 23.6 Å². The molecule has 3 rings (SSSR count). The van der Waals surface area contributed by atoms with Gasteiger partial charge in [-0.15, -0.1) is 0 Å². The van der Waals surface area contributed by atoms with Gasteiger partial charge in [-0.1, -0.05) is 26.3 Å². The molecule has 1 aliphatic heterocycles. The van der Waals surface area contributed by atoms with Gasteiger partial charge in [0.1, 0.15) is 0 Å². The summed E-state index contributed by atoms with van der Waals surface area (Å²) < 4.78 is 16.8. The first-order valence-corrected chi connectivity index (χ1v) is 12.4. The molecule has 0 aromatic heterocycles. The molecule has 1 fully saturated rings. The lowest BCUT2D eigenvalue weighted by atomic mass is 9.84. The smallest absolute Gasteiger partial charge is 0.409 e. The fraction of sp³-hybridized carbons (Fsp3) is 0.800. The zero-order valence-corrected chi connectivity index (χ0v) is 20.5. The molecule has 0 radical (unpaired) electrons. The number of rotatable bonds is 9. The summed E-state index contributed by atoms with van der Waals surface area (Å²) >= 11 is 0. The first-order chi connectivity index (χ1) is 15.5. The van der Waals surface area contributed by atoms with Gasteiger partial charge in [-0.05, 0) is 44.1 Å². The molecule has 3 aliphatic rings. The Hall–Kier alpha value is -1.73. The fourth-order valence-electron chi connectivity index (χ4n) is 5.06. The molecule has 1 amide bonds. The molecule has 1 saturated heterocycles. The van der Waals surface area contributed by atoms with Crippen molar-refractivity contribution >= 4 is 6.09 Å². The lowest BCUT2D eigenvalue weighted by molar-refractivity contribution is 0.0201. The molecule has 182 valence electrons. The van der Waals surface area contributed by atoms with Crippen LogP contribution < -0.4 is 5.32 Å². The molecular formula is C25H43N3O4. The van der Waals surface area contributed by atoms with Gasteiger partial charge in [0.05, 0.1) is 31.5 Å². The molecule has 2 aliphatic carbocycles. The average Bonchev–Trinajstić information content (AvgIpc) is 2.83. The van der Waals surface area contributed by atoms with Crippen LogP contribution in [0.2, 0.25) is 0 Å². The van der Waals surface area contributed by atoms with E-state index in [1.807, 2.05) is 12.0 Å². The van der Waals surface area contributed by atoms with Crippen LogP contribution in [-0.2, 0) is 14.2 Å². The first-order valence-electron chi connectivity index (χ1n) is 12.4. The third-order valence-corrected chi connectivity index (χ3v) is 7.09. The highest BCUT2D eigenvalue weighted by Gasteiger charge is 2.32. The van der Waals surface area contributed by atoms with Crippen LogP contribution in [0, 0.1) is 11.8 Å². The zero-order chi connectivity index (χ0) is 22.9.